The lowest BCUT2D eigenvalue weighted by Crippen LogP contribution is -2.42. The highest BCUT2D eigenvalue weighted by Crippen LogP contribution is 2.07. The molecule has 0 radical (unpaired) electrons. The van der Waals surface area contributed by atoms with E-state index in [4.69, 9.17) is 0 Å². The van der Waals surface area contributed by atoms with Gasteiger partial charge in [-0.05, 0) is 27.7 Å². The number of hydrogen-bond acceptors (Lipinski definition) is 1. The Hall–Kier alpha value is -0.600. The molecule has 0 unspecified atom stereocenters. The molecule has 0 heterocycles. The van der Waals surface area contributed by atoms with Gasteiger partial charge in [-0.3, -0.25) is 4.79 Å². The van der Waals surface area contributed by atoms with Crippen LogP contribution >= 0.6 is 0 Å². The molecule has 0 fully saturated rings. The summed E-state index contributed by atoms with van der Waals surface area (Å²) in [5, 5.41) is 2.47. The topological polar surface area (TPSA) is 29.1 Å². The third kappa shape index (κ3) is 3.43. The fraction of sp³-hybridized carbons (Fsp3) is 0.857. The summed E-state index contributed by atoms with van der Waals surface area (Å²) in [6.45, 7) is 6.07. The first-order chi connectivity index (χ1) is 4.34. The predicted octanol–water partition coefficient (Wildman–Crippen LogP) is 1.26. The number of hydrogen-bond donors (Lipinski definition) is 1. The lowest BCUT2D eigenvalue weighted by molar-refractivity contribution is -0.131. The average molecular weight is 147 g/mol. The van der Waals surface area contributed by atoms with Gasteiger partial charge in [-0.15, -0.1) is 0 Å². The van der Waals surface area contributed by atoms with Crippen LogP contribution in [-0.2, 0) is 4.79 Å². The number of alkyl halides is 1. The van der Waals surface area contributed by atoms with E-state index in [0.29, 0.717) is 0 Å². The van der Waals surface area contributed by atoms with Crippen molar-refractivity contribution in [3.63, 3.8) is 0 Å². The maximum Gasteiger partial charge on any atom is 0.257 e. The van der Waals surface area contributed by atoms with Crippen LogP contribution in [0.3, 0.4) is 0 Å². The number of rotatable bonds is 2. The fourth-order valence-corrected chi connectivity index (χ4v) is 0.434. The number of amides is 1. The molecule has 1 N–H and O–H groups in total. The Morgan fingerprint density at radius 1 is 1.50 bits per heavy atom. The summed E-state index contributed by atoms with van der Waals surface area (Å²) in [4.78, 5) is 10.8. The van der Waals surface area contributed by atoms with Crippen molar-refractivity contribution in [3.8, 4) is 0 Å². The second-order valence-corrected chi connectivity index (χ2v) is 3.10. The largest absolute Gasteiger partial charge is 0.351 e. The lowest BCUT2D eigenvalue weighted by Gasteiger charge is -2.15. The molecule has 0 aliphatic rings. The minimum Gasteiger partial charge on any atom is -0.351 e. The van der Waals surface area contributed by atoms with Gasteiger partial charge in [0, 0.05) is 6.04 Å². The van der Waals surface area contributed by atoms with Gasteiger partial charge >= 0.3 is 0 Å². The van der Waals surface area contributed by atoms with E-state index in [9.17, 15) is 9.18 Å². The van der Waals surface area contributed by atoms with Gasteiger partial charge in [-0.2, -0.15) is 0 Å². The van der Waals surface area contributed by atoms with Crippen LogP contribution in [0.15, 0.2) is 0 Å². The Morgan fingerprint density at radius 2 is 1.90 bits per heavy atom. The quantitative estimate of drug-likeness (QED) is 0.626. The zero-order valence-corrected chi connectivity index (χ0v) is 6.86. The molecule has 0 spiro atoms. The van der Waals surface area contributed by atoms with Gasteiger partial charge < -0.3 is 5.32 Å². The first-order valence-corrected chi connectivity index (χ1v) is 3.34. The summed E-state index contributed by atoms with van der Waals surface area (Å²) >= 11 is 0. The molecule has 0 aromatic heterocycles. The van der Waals surface area contributed by atoms with Gasteiger partial charge in [0.25, 0.3) is 5.91 Å². The molecule has 3 heteroatoms. The van der Waals surface area contributed by atoms with Gasteiger partial charge in [-0.25, -0.2) is 4.39 Å². The molecule has 1 amide bonds. The Balaban J connectivity index is 3.87. The van der Waals surface area contributed by atoms with Crippen molar-refractivity contribution in [2.75, 3.05) is 0 Å². The lowest BCUT2D eigenvalue weighted by atomic mass is 10.1. The van der Waals surface area contributed by atoms with E-state index < -0.39 is 11.6 Å². The third-order valence-electron chi connectivity index (χ3n) is 0.960. The van der Waals surface area contributed by atoms with Gasteiger partial charge in [0.15, 0.2) is 5.67 Å². The summed E-state index contributed by atoms with van der Waals surface area (Å²) in [5.41, 5.74) is -1.76. The van der Waals surface area contributed by atoms with Crippen molar-refractivity contribution in [1.29, 1.82) is 0 Å². The molecule has 0 aromatic carbocycles. The molecular weight excluding hydrogens is 133 g/mol. The summed E-state index contributed by atoms with van der Waals surface area (Å²) in [5.74, 6) is -0.553. The Morgan fingerprint density at radius 3 is 2.00 bits per heavy atom. The summed E-state index contributed by atoms with van der Waals surface area (Å²) < 4.78 is 12.7. The highest BCUT2D eigenvalue weighted by atomic mass is 19.1. The molecule has 0 saturated carbocycles. The zero-order valence-electron chi connectivity index (χ0n) is 6.86. The fourth-order valence-electron chi connectivity index (χ4n) is 0.434. The molecule has 0 aliphatic carbocycles. The Labute approximate surface area is 60.8 Å². The van der Waals surface area contributed by atoms with Crippen molar-refractivity contribution in [2.45, 2.75) is 39.4 Å². The minimum atomic E-state index is -1.76. The molecule has 0 aromatic rings. The van der Waals surface area contributed by atoms with Gasteiger partial charge in [0.1, 0.15) is 0 Å². The molecule has 0 aliphatic heterocycles. The van der Waals surface area contributed by atoms with Crippen molar-refractivity contribution >= 4 is 5.91 Å². The van der Waals surface area contributed by atoms with E-state index in [1.54, 1.807) is 13.8 Å². The molecule has 2 nitrogen and oxygen atoms in total. The Kier molecular flexibility index (Phi) is 2.81. The SMILES string of the molecule is CC(C)NC(=O)C(C)(C)F. The summed E-state index contributed by atoms with van der Waals surface area (Å²) in [6, 6.07) is 0.00234. The van der Waals surface area contributed by atoms with Crippen LogP contribution in [0.4, 0.5) is 4.39 Å². The standard InChI is InChI=1S/C7H14FNO/c1-5(2)9-6(10)7(3,4)8/h5H,1-4H3,(H,9,10). The van der Waals surface area contributed by atoms with Crippen LogP contribution in [-0.4, -0.2) is 17.6 Å². The van der Waals surface area contributed by atoms with Crippen LogP contribution in [0.25, 0.3) is 0 Å². The maximum absolute atomic E-state index is 12.7. The van der Waals surface area contributed by atoms with E-state index in [-0.39, 0.29) is 6.04 Å². The van der Waals surface area contributed by atoms with Crippen molar-refractivity contribution in [3.05, 3.63) is 0 Å². The van der Waals surface area contributed by atoms with E-state index in [2.05, 4.69) is 5.32 Å². The molecule has 10 heavy (non-hydrogen) atoms. The van der Waals surface area contributed by atoms with Crippen molar-refractivity contribution in [2.24, 2.45) is 0 Å². The zero-order chi connectivity index (χ0) is 8.36. The number of carbonyl (C=O) groups excluding carboxylic acids is 1. The average Bonchev–Trinajstić information content (AvgIpc) is 1.60. The smallest absolute Gasteiger partial charge is 0.257 e. The summed E-state index contributed by atoms with van der Waals surface area (Å²) in [6.07, 6.45) is 0. The molecular formula is C7H14FNO. The second kappa shape index (κ2) is 2.99. The van der Waals surface area contributed by atoms with E-state index in [0.717, 1.165) is 0 Å². The van der Waals surface area contributed by atoms with Crippen LogP contribution in [0, 0.1) is 0 Å². The number of nitrogens with one attached hydrogen (secondary N) is 1. The van der Waals surface area contributed by atoms with Gasteiger partial charge in [0.05, 0.1) is 0 Å². The maximum atomic E-state index is 12.7. The number of carbonyl (C=O) groups is 1. The van der Waals surface area contributed by atoms with E-state index >= 15 is 0 Å². The van der Waals surface area contributed by atoms with Gasteiger partial charge in [-0.1, -0.05) is 0 Å². The van der Waals surface area contributed by atoms with Crippen LogP contribution in [0.1, 0.15) is 27.7 Å². The molecule has 0 rings (SSSR count). The monoisotopic (exact) mass is 147 g/mol. The highest BCUT2D eigenvalue weighted by Gasteiger charge is 2.26. The van der Waals surface area contributed by atoms with Crippen molar-refractivity contribution in [1.82, 2.24) is 5.32 Å². The molecule has 0 saturated heterocycles. The van der Waals surface area contributed by atoms with E-state index in [1.165, 1.54) is 13.8 Å². The second-order valence-electron chi connectivity index (χ2n) is 3.10. The third-order valence-corrected chi connectivity index (χ3v) is 0.960. The van der Waals surface area contributed by atoms with Gasteiger partial charge in [0.2, 0.25) is 0 Å². The first kappa shape index (κ1) is 9.40. The number of halogens is 1. The summed E-state index contributed by atoms with van der Waals surface area (Å²) in [7, 11) is 0. The van der Waals surface area contributed by atoms with Crippen LogP contribution in [0.5, 0.6) is 0 Å². The van der Waals surface area contributed by atoms with Crippen LogP contribution in [0.2, 0.25) is 0 Å². The molecule has 0 bridgehead atoms. The normalized spacial score (nSPS) is 11.8. The predicted molar refractivity (Wildman–Crippen MR) is 38.5 cm³/mol. The van der Waals surface area contributed by atoms with Crippen LogP contribution < -0.4 is 5.32 Å². The van der Waals surface area contributed by atoms with Crippen molar-refractivity contribution < 1.29 is 9.18 Å². The molecule has 0 atom stereocenters. The Bertz CT molecular complexity index is 126. The molecule has 60 valence electrons. The highest BCUT2D eigenvalue weighted by molar-refractivity contribution is 5.84. The minimum absolute atomic E-state index is 0.00234. The first-order valence-electron chi connectivity index (χ1n) is 3.34. The van der Waals surface area contributed by atoms with E-state index in [1.807, 2.05) is 0 Å².